The highest BCUT2D eigenvalue weighted by atomic mass is 16.7. The number of hydrogen-bond acceptors (Lipinski definition) is 4. The summed E-state index contributed by atoms with van der Waals surface area (Å²) in [5.41, 5.74) is 0. The van der Waals surface area contributed by atoms with E-state index >= 15 is 0 Å². The second-order valence-corrected chi connectivity index (χ2v) is 4.08. The van der Waals surface area contributed by atoms with Crippen molar-refractivity contribution in [3.63, 3.8) is 0 Å². The van der Waals surface area contributed by atoms with Crippen LogP contribution < -0.4 is 0 Å². The number of ether oxygens (including phenoxy) is 3. The Bertz CT molecular complexity index is 202. The quantitative estimate of drug-likeness (QED) is 0.658. The van der Waals surface area contributed by atoms with Gasteiger partial charge in [-0.25, -0.2) is 0 Å². The lowest BCUT2D eigenvalue weighted by Gasteiger charge is -2.25. The van der Waals surface area contributed by atoms with Crippen LogP contribution in [0.5, 0.6) is 0 Å². The van der Waals surface area contributed by atoms with Gasteiger partial charge in [0.1, 0.15) is 6.10 Å². The predicted octanol–water partition coefficient (Wildman–Crippen LogP) is 0.995. The fourth-order valence-electron chi connectivity index (χ4n) is 2.31. The molecule has 0 N–H and O–H groups in total. The number of rotatable bonds is 3. The second kappa shape index (κ2) is 4.81. The molecule has 0 saturated carbocycles. The van der Waals surface area contributed by atoms with E-state index in [1.807, 2.05) is 0 Å². The van der Waals surface area contributed by atoms with Crippen molar-refractivity contribution in [3.8, 4) is 0 Å². The molecule has 2 fully saturated rings. The lowest BCUT2D eigenvalue weighted by atomic mass is 9.89. The maximum atomic E-state index is 10.5. The van der Waals surface area contributed by atoms with Crippen LogP contribution in [-0.2, 0) is 19.3 Å². The maximum Gasteiger partial charge on any atom is 0.550 e. The van der Waals surface area contributed by atoms with Crippen molar-refractivity contribution in [1.82, 2.24) is 0 Å². The van der Waals surface area contributed by atoms with Gasteiger partial charge in [0, 0.05) is 25.0 Å². The molecule has 0 aromatic heterocycles. The van der Waals surface area contributed by atoms with Crippen LogP contribution in [0.15, 0.2) is 0 Å². The van der Waals surface area contributed by atoms with E-state index in [9.17, 15) is 9.90 Å². The monoisotopic (exact) mass is 215 g/mol. The lowest BCUT2D eigenvalue weighted by molar-refractivity contribution is -0.0223. The number of carbonyl (C=O) groups is 1. The van der Waals surface area contributed by atoms with Crippen LogP contribution in [0.25, 0.3) is 0 Å². The molecule has 2 heterocycles. The van der Waals surface area contributed by atoms with Gasteiger partial charge in [-0.3, -0.25) is 0 Å². The van der Waals surface area contributed by atoms with Crippen molar-refractivity contribution < 1.29 is 24.1 Å². The standard InChI is InChI=1S/C10H15O5/c11-10(12)15-9(7-1-3-13-5-7)8-2-4-14-6-8/h7-9H,1-6H2. The zero-order valence-electron chi connectivity index (χ0n) is 8.52. The topological polar surface area (TPSA) is 64.7 Å². The zero-order chi connectivity index (χ0) is 10.7. The van der Waals surface area contributed by atoms with Gasteiger partial charge in [-0.15, -0.1) is 0 Å². The van der Waals surface area contributed by atoms with Crippen LogP contribution in [0.2, 0.25) is 0 Å². The Morgan fingerprint density at radius 2 is 1.67 bits per heavy atom. The van der Waals surface area contributed by atoms with Gasteiger partial charge in [-0.05, 0) is 12.8 Å². The van der Waals surface area contributed by atoms with Crippen molar-refractivity contribution in [2.24, 2.45) is 11.8 Å². The van der Waals surface area contributed by atoms with Gasteiger partial charge in [0.15, 0.2) is 0 Å². The molecule has 15 heavy (non-hydrogen) atoms. The highest BCUT2D eigenvalue weighted by Crippen LogP contribution is 2.29. The lowest BCUT2D eigenvalue weighted by Crippen LogP contribution is -2.34. The first-order valence-corrected chi connectivity index (χ1v) is 5.30. The van der Waals surface area contributed by atoms with Gasteiger partial charge in [-0.1, -0.05) is 0 Å². The first kappa shape index (κ1) is 10.7. The molecule has 2 saturated heterocycles. The summed E-state index contributed by atoms with van der Waals surface area (Å²) in [5, 5.41) is 10.5. The van der Waals surface area contributed by atoms with E-state index < -0.39 is 6.16 Å². The third-order valence-corrected chi connectivity index (χ3v) is 3.09. The van der Waals surface area contributed by atoms with E-state index in [2.05, 4.69) is 0 Å². The van der Waals surface area contributed by atoms with Gasteiger partial charge < -0.3 is 14.2 Å². The fourth-order valence-corrected chi connectivity index (χ4v) is 2.31. The molecular weight excluding hydrogens is 200 g/mol. The van der Waals surface area contributed by atoms with Crippen LogP contribution in [0.4, 0.5) is 4.79 Å². The molecule has 0 spiro atoms. The summed E-state index contributed by atoms with van der Waals surface area (Å²) in [6.45, 7) is 2.53. The molecule has 5 heteroatoms. The van der Waals surface area contributed by atoms with Crippen LogP contribution in [0.3, 0.4) is 0 Å². The van der Waals surface area contributed by atoms with Crippen LogP contribution in [0, 0.1) is 11.8 Å². The van der Waals surface area contributed by atoms with Crippen LogP contribution in [0.1, 0.15) is 12.8 Å². The third kappa shape index (κ3) is 2.60. The first-order chi connectivity index (χ1) is 7.27. The molecule has 2 aliphatic heterocycles. The molecule has 0 aromatic rings. The maximum absolute atomic E-state index is 10.5. The fraction of sp³-hybridized carbons (Fsp3) is 0.900. The molecule has 85 valence electrons. The average Bonchev–Trinajstić information content (AvgIpc) is 2.87. The molecule has 2 unspecified atom stereocenters. The highest BCUT2D eigenvalue weighted by molar-refractivity contribution is 5.56. The van der Waals surface area contributed by atoms with E-state index in [4.69, 9.17) is 14.2 Å². The van der Waals surface area contributed by atoms with E-state index in [1.165, 1.54) is 0 Å². The Morgan fingerprint density at radius 1 is 1.13 bits per heavy atom. The van der Waals surface area contributed by atoms with E-state index in [1.54, 1.807) is 0 Å². The minimum atomic E-state index is -1.45. The van der Waals surface area contributed by atoms with Gasteiger partial charge in [0.05, 0.1) is 13.2 Å². The van der Waals surface area contributed by atoms with E-state index in [0.717, 1.165) is 12.8 Å². The van der Waals surface area contributed by atoms with Crippen LogP contribution in [-0.4, -0.2) is 38.7 Å². The zero-order valence-corrected chi connectivity index (χ0v) is 8.52. The summed E-state index contributed by atoms with van der Waals surface area (Å²) in [7, 11) is 0. The van der Waals surface area contributed by atoms with Gasteiger partial charge in [0.25, 0.3) is 0 Å². The normalized spacial score (nSPS) is 32.8. The Kier molecular flexibility index (Phi) is 3.43. The predicted molar refractivity (Wildman–Crippen MR) is 48.8 cm³/mol. The summed E-state index contributed by atoms with van der Waals surface area (Å²) in [4.78, 5) is 10.5. The Hall–Kier alpha value is -0.810. The molecule has 2 rings (SSSR count). The number of hydrogen-bond donors (Lipinski definition) is 0. The highest BCUT2D eigenvalue weighted by Gasteiger charge is 2.37. The Morgan fingerprint density at radius 3 is 2.00 bits per heavy atom. The van der Waals surface area contributed by atoms with E-state index in [0.29, 0.717) is 26.4 Å². The molecule has 2 atom stereocenters. The summed E-state index contributed by atoms with van der Waals surface area (Å²) in [6, 6.07) is 0. The molecule has 0 aromatic carbocycles. The molecule has 0 amide bonds. The Labute approximate surface area is 88.3 Å². The van der Waals surface area contributed by atoms with Crippen molar-refractivity contribution >= 4 is 6.16 Å². The minimum Gasteiger partial charge on any atom is -0.428 e. The van der Waals surface area contributed by atoms with Gasteiger partial charge in [0.2, 0.25) is 0 Å². The first-order valence-electron chi connectivity index (χ1n) is 5.30. The van der Waals surface area contributed by atoms with E-state index in [-0.39, 0.29) is 17.9 Å². The number of carbonyl (C=O) groups excluding carboxylic acids is 1. The summed E-state index contributed by atoms with van der Waals surface area (Å²) < 4.78 is 15.4. The molecule has 5 nitrogen and oxygen atoms in total. The second-order valence-electron chi connectivity index (χ2n) is 4.08. The summed E-state index contributed by atoms with van der Waals surface area (Å²) in [6.07, 6.45) is -0.0538. The Balaban J connectivity index is 1.97. The summed E-state index contributed by atoms with van der Waals surface area (Å²) in [5.74, 6) is 0.323. The van der Waals surface area contributed by atoms with Crippen molar-refractivity contribution in [3.05, 3.63) is 0 Å². The largest absolute Gasteiger partial charge is 0.550 e. The average molecular weight is 215 g/mol. The molecule has 1 radical (unpaired) electrons. The molecule has 0 bridgehead atoms. The molecular formula is C10H15O5. The van der Waals surface area contributed by atoms with Crippen molar-refractivity contribution in [2.45, 2.75) is 18.9 Å². The van der Waals surface area contributed by atoms with Gasteiger partial charge >= 0.3 is 6.16 Å². The molecule has 2 aliphatic rings. The minimum absolute atomic E-state index is 0.162. The van der Waals surface area contributed by atoms with Crippen molar-refractivity contribution in [1.29, 1.82) is 0 Å². The third-order valence-electron chi connectivity index (χ3n) is 3.09. The molecule has 0 aliphatic carbocycles. The van der Waals surface area contributed by atoms with Crippen molar-refractivity contribution in [2.75, 3.05) is 26.4 Å². The summed E-state index contributed by atoms with van der Waals surface area (Å²) >= 11 is 0. The smallest absolute Gasteiger partial charge is 0.428 e. The van der Waals surface area contributed by atoms with Gasteiger partial charge in [-0.2, -0.15) is 9.90 Å². The van der Waals surface area contributed by atoms with Crippen LogP contribution >= 0.6 is 0 Å². The SMILES string of the molecule is [O]C(=O)OC(C1CCOC1)C1CCOC1.